The SMILES string of the molecule is COc1cccc(OC)c1-c1ncn(C)n1. The lowest BCUT2D eigenvalue weighted by atomic mass is 10.1. The summed E-state index contributed by atoms with van der Waals surface area (Å²) < 4.78 is 12.2. The van der Waals surface area contributed by atoms with Crippen LogP contribution >= 0.6 is 0 Å². The molecule has 0 amide bonds. The van der Waals surface area contributed by atoms with Crippen molar-refractivity contribution in [1.82, 2.24) is 14.8 Å². The van der Waals surface area contributed by atoms with Crippen molar-refractivity contribution in [3.8, 4) is 22.9 Å². The lowest BCUT2D eigenvalue weighted by Gasteiger charge is -2.09. The molecular formula is C11H13N3O2. The lowest BCUT2D eigenvalue weighted by molar-refractivity contribution is 0.397. The Kier molecular flexibility index (Phi) is 2.76. The molecule has 1 aromatic heterocycles. The van der Waals surface area contributed by atoms with E-state index in [4.69, 9.17) is 9.47 Å². The van der Waals surface area contributed by atoms with Gasteiger partial charge in [0.15, 0.2) is 5.82 Å². The molecule has 1 heterocycles. The largest absolute Gasteiger partial charge is 0.496 e. The van der Waals surface area contributed by atoms with E-state index < -0.39 is 0 Å². The van der Waals surface area contributed by atoms with Crippen LogP contribution in [0.3, 0.4) is 0 Å². The molecule has 0 atom stereocenters. The summed E-state index contributed by atoms with van der Waals surface area (Å²) in [4.78, 5) is 4.20. The van der Waals surface area contributed by atoms with Gasteiger partial charge in [-0.1, -0.05) is 6.07 Å². The van der Waals surface area contributed by atoms with E-state index in [0.29, 0.717) is 17.3 Å². The van der Waals surface area contributed by atoms with Crippen molar-refractivity contribution in [1.29, 1.82) is 0 Å². The number of ether oxygens (including phenoxy) is 2. The van der Waals surface area contributed by atoms with E-state index in [9.17, 15) is 0 Å². The van der Waals surface area contributed by atoms with Crippen LogP contribution in [-0.2, 0) is 7.05 Å². The average molecular weight is 219 g/mol. The third-order valence-electron chi connectivity index (χ3n) is 2.25. The zero-order valence-corrected chi connectivity index (χ0v) is 9.47. The topological polar surface area (TPSA) is 49.2 Å². The van der Waals surface area contributed by atoms with Gasteiger partial charge in [-0.2, -0.15) is 5.10 Å². The number of aryl methyl sites for hydroxylation is 1. The van der Waals surface area contributed by atoms with E-state index in [2.05, 4.69) is 10.1 Å². The fourth-order valence-corrected chi connectivity index (χ4v) is 1.53. The molecule has 0 saturated carbocycles. The van der Waals surface area contributed by atoms with E-state index in [1.165, 1.54) is 0 Å². The molecule has 5 heteroatoms. The van der Waals surface area contributed by atoms with E-state index in [1.807, 2.05) is 25.2 Å². The first-order chi connectivity index (χ1) is 7.76. The van der Waals surface area contributed by atoms with E-state index >= 15 is 0 Å². The minimum atomic E-state index is 0.594. The molecule has 0 aliphatic carbocycles. The molecule has 16 heavy (non-hydrogen) atoms. The molecular weight excluding hydrogens is 206 g/mol. The highest BCUT2D eigenvalue weighted by atomic mass is 16.5. The highest BCUT2D eigenvalue weighted by Gasteiger charge is 2.15. The van der Waals surface area contributed by atoms with Crippen LogP contribution < -0.4 is 9.47 Å². The van der Waals surface area contributed by atoms with Crippen molar-refractivity contribution in [3.63, 3.8) is 0 Å². The van der Waals surface area contributed by atoms with Gasteiger partial charge in [0.05, 0.1) is 14.2 Å². The second-order valence-electron chi connectivity index (χ2n) is 3.28. The van der Waals surface area contributed by atoms with Crippen LogP contribution in [0.5, 0.6) is 11.5 Å². The van der Waals surface area contributed by atoms with Gasteiger partial charge in [0.25, 0.3) is 0 Å². The summed E-state index contributed by atoms with van der Waals surface area (Å²) in [6.45, 7) is 0. The second kappa shape index (κ2) is 4.22. The van der Waals surface area contributed by atoms with E-state index in [-0.39, 0.29) is 0 Å². The van der Waals surface area contributed by atoms with Crippen LogP contribution in [-0.4, -0.2) is 29.0 Å². The van der Waals surface area contributed by atoms with Gasteiger partial charge in [-0.15, -0.1) is 0 Å². The molecule has 0 N–H and O–H groups in total. The van der Waals surface area contributed by atoms with Crippen molar-refractivity contribution in [2.75, 3.05) is 14.2 Å². The molecule has 1 aromatic carbocycles. The van der Waals surface area contributed by atoms with Crippen LogP contribution in [0.15, 0.2) is 24.5 Å². The summed E-state index contributed by atoms with van der Waals surface area (Å²) in [6.07, 6.45) is 1.64. The standard InChI is InChI=1S/C11H13N3O2/c1-14-7-12-11(13-14)10-8(15-2)5-4-6-9(10)16-3/h4-7H,1-3H3. The van der Waals surface area contributed by atoms with Gasteiger partial charge >= 0.3 is 0 Å². The van der Waals surface area contributed by atoms with Gasteiger partial charge < -0.3 is 9.47 Å². The van der Waals surface area contributed by atoms with Gasteiger partial charge in [-0.25, -0.2) is 4.98 Å². The second-order valence-corrected chi connectivity index (χ2v) is 3.28. The molecule has 0 aliphatic rings. The molecule has 0 radical (unpaired) electrons. The predicted octanol–water partition coefficient (Wildman–Crippen LogP) is 1.50. The maximum Gasteiger partial charge on any atom is 0.188 e. The van der Waals surface area contributed by atoms with Crippen LogP contribution in [0.2, 0.25) is 0 Å². The Hall–Kier alpha value is -2.04. The van der Waals surface area contributed by atoms with Crippen molar-refractivity contribution in [2.24, 2.45) is 7.05 Å². The summed E-state index contributed by atoms with van der Waals surface area (Å²) in [5.41, 5.74) is 0.771. The molecule has 0 spiro atoms. The van der Waals surface area contributed by atoms with Gasteiger partial charge in [0, 0.05) is 7.05 Å². The smallest absolute Gasteiger partial charge is 0.188 e. The maximum atomic E-state index is 5.28. The summed E-state index contributed by atoms with van der Waals surface area (Å²) in [5.74, 6) is 1.99. The number of hydrogen-bond donors (Lipinski definition) is 0. The maximum absolute atomic E-state index is 5.28. The van der Waals surface area contributed by atoms with Gasteiger partial charge in [-0.3, -0.25) is 4.68 Å². The predicted molar refractivity (Wildman–Crippen MR) is 59.5 cm³/mol. The molecule has 0 bridgehead atoms. The first-order valence-corrected chi connectivity index (χ1v) is 4.83. The summed E-state index contributed by atoms with van der Waals surface area (Å²) >= 11 is 0. The number of benzene rings is 1. The van der Waals surface area contributed by atoms with Gasteiger partial charge in [0.1, 0.15) is 23.4 Å². The number of rotatable bonds is 3. The molecule has 0 unspecified atom stereocenters. The third-order valence-corrected chi connectivity index (χ3v) is 2.25. The number of aromatic nitrogens is 3. The van der Waals surface area contributed by atoms with Crippen LogP contribution in [0.1, 0.15) is 0 Å². The summed E-state index contributed by atoms with van der Waals surface area (Å²) in [7, 11) is 5.04. The van der Waals surface area contributed by atoms with Crippen molar-refractivity contribution < 1.29 is 9.47 Å². The Morgan fingerprint density at radius 2 is 1.75 bits per heavy atom. The van der Waals surface area contributed by atoms with Crippen LogP contribution in [0, 0.1) is 0 Å². The Morgan fingerprint density at radius 3 is 2.19 bits per heavy atom. The molecule has 2 aromatic rings. The van der Waals surface area contributed by atoms with Crippen LogP contribution in [0.4, 0.5) is 0 Å². The molecule has 84 valence electrons. The van der Waals surface area contributed by atoms with Crippen LogP contribution in [0.25, 0.3) is 11.4 Å². The average Bonchev–Trinajstić information content (AvgIpc) is 2.74. The number of hydrogen-bond acceptors (Lipinski definition) is 4. The zero-order chi connectivity index (χ0) is 11.5. The Balaban J connectivity index is 2.60. The molecule has 0 aliphatic heterocycles. The molecule has 2 rings (SSSR count). The van der Waals surface area contributed by atoms with Crippen molar-refractivity contribution in [2.45, 2.75) is 0 Å². The highest BCUT2D eigenvalue weighted by Crippen LogP contribution is 2.35. The Morgan fingerprint density at radius 1 is 1.12 bits per heavy atom. The Labute approximate surface area is 93.6 Å². The summed E-state index contributed by atoms with van der Waals surface area (Å²) in [6, 6.07) is 5.58. The van der Waals surface area contributed by atoms with Gasteiger partial charge in [-0.05, 0) is 12.1 Å². The Bertz CT molecular complexity index is 471. The third kappa shape index (κ3) is 1.71. The molecule has 0 saturated heterocycles. The number of methoxy groups -OCH3 is 2. The quantitative estimate of drug-likeness (QED) is 0.785. The highest BCUT2D eigenvalue weighted by molar-refractivity contribution is 5.71. The number of nitrogens with zero attached hydrogens (tertiary/aromatic N) is 3. The zero-order valence-electron chi connectivity index (χ0n) is 9.47. The molecule has 5 nitrogen and oxygen atoms in total. The fraction of sp³-hybridized carbons (Fsp3) is 0.273. The summed E-state index contributed by atoms with van der Waals surface area (Å²) in [5, 5.41) is 4.24. The molecule has 0 fully saturated rings. The minimum Gasteiger partial charge on any atom is -0.496 e. The normalized spacial score (nSPS) is 10.2. The van der Waals surface area contributed by atoms with E-state index in [1.54, 1.807) is 25.2 Å². The first-order valence-electron chi connectivity index (χ1n) is 4.83. The van der Waals surface area contributed by atoms with Crippen molar-refractivity contribution >= 4 is 0 Å². The lowest BCUT2D eigenvalue weighted by Crippen LogP contribution is -1.95. The monoisotopic (exact) mass is 219 g/mol. The first kappa shape index (κ1) is 10.5. The fourth-order valence-electron chi connectivity index (χ4n) is 1.53. The van der Waals surface area contributed by atoms with E-state index in [0.717, 1.165) is 5.56 Å². The minimum absolute atomic E-state index is 0.594. The van der Waals surface area contributed by atoms with Gasteiger partial charge in [0.2, 0.25) is 0 Å². The van der Waals surface area contributed by atoms with Crippen molar-refractivity contribution in [3.05, 3.63) is 24.5 Å².